The van der Waals surface area contributed by atoms with Crippen LogP contribution in [0.2, 0.25) is 0 Å². The molecular weight excluding hydrogens is 434 g/mol. The topological polar surface area (TPSA) is 69.7 Å². The first-order valence-electron chi connectivity index (χ1n) is 11.3. The molecular formula is C26H31N3O3S. The molecule has 1 saturated heterocycles. The minimum atomic E-state index is -3.32. The number of amides is 1. The average molecular weight is 466 g/mol. The van der Waals surface area contributed by atoms with E-state index in [2.05, 4.69) is 35.6 Å². The van der Waals surface area contributed by atoms with Crippen LogP contribution in [0.25, 0.3) is 10.8 Å². The number of hydrogen-bond acceptors (Lipinski definition) is 4. The molecule has 0 radical (unpaired) electrons. The number of nitrogens with zero attached hydrogens (tertiary/aromatic N) is 2. The molecule has 174 valence electrons. The Morgan fingerprint density at radius 1 is 0.970 bits per heavy atom. The van der Waals surface area contributed by atoms with Gasteiger partial charge in [-0.1, -0.05) is 72.8 Å². The number of rotatable bonds is 7. The number of benzene rings is 3. The summed E-state index contributed by atoms with van der Waals surface area (Å²) in [6.07, 6.45) is 2.43. The summed E-state index contributed by atoms with van der Waals surface area (Å²) < 4.78 is 25.9. The lowest BCUT2D eigenvalue weighted by Gasteiger charge is -2.42. The minimum absolute atomic E-state index is 0.0136. The molecule has 0 spiro atoms. The second kappa shape index (κ2) is 10.0. The van der Waals surface area contributed by atoms with E-state index < -0.39 is 10.0 Å². The molecule has 33 heavy (non-hydrogen) atoms. The number of carbonyl (C=O) groups is 1. The van der Waals surface area contributed by atoms with Crippen LogP contribution in [0.1, 0.15) is 11.1 Å². The number of hydrogen-bond donors (Lipinski definition) is 1. The summed E-state index contributed by atoms with van der Waals surface area (Å²) in [5.41, 5.74) is 2.18. The molecule has 4 rings (SSSR count). The fourth-order valence-electron chi connectivity index (χ4n) is 4.59. The molecule has 1 fully saturated rings. The van der Waals surface area contributed by atoms with Gasteiger partial charge in [-0.15, -0.1) is 0 Å². The number of likely N-dealkylation sites (N-methyl/N-ethyl adjacent to an activating group) is 1. The standard InChI is InChI=1S/C26H31N3O3S/c1-27-25(18-21-12-13-22-10-6-7-11-23(22)16-21)26(30)29-15-14-28(33(2,31)32)19-24(29)17-20-8-4-3-5-9-20/h3-13,16,24-25,27H,14-15,17-19H2,1-2H3/t24-,25-/m1/s1. The van der Waals surface area contributed by atoms with Gasteiger partial charge in [0.1, 0.15) is 0 Å². The van der Waals surface area contributed by atoms with Crippen LogP contribution in [0.5, 0.6) is 0 Å². The zero-order valence-electron chi connectivity index (χ0n) is 19.1. The van der Waals surface area contributed by atoms with Gasteiger partial charge in [-0.25, -0.2) is 8.42 Å². The Morgan fingerprint density at radius 3 is 2.36 bits per heavy atom. The highest BCUT2D eigenvalue weighted by Crippen LogP contribution is 2.21. The second-order valence-electron chi connectivity index (χ2n) is 8.72. The van der Waals surface area contributed by atoms with Crippen molar-refractivity contribution in [3.05, 3.63) is 83.9 Å². The molecule has 0 aromatic heterocycles. The zero-order chi connectivity index (χ0) is 23.4. The summed E-state index contributed by atoms with van der Waals surface area (Å²) >= 11 is 0. The Bertz CT molecular complexity index is 1210. The molecule has 0 aliphatic carbocycles. The lowest BCUT2D eigenvalue weighted by molar-refractivity contribution is -0.137. The van der Waals surface area contributed by atoms with Crippen LogP contribution in [-0.4, -0.2) is 68.6 Å². The van der Waals surface area contributed by atoms with Crippen LogP contribution in [0.4, 0.5) is 0 Å². The van der Waals surface area contributed by atoms with Crippen molar-refractivity contribution in [2.24, 2.45) is 0 Å². The first-order chi connectivity index (χ1) is 15.8. The SMILES string of the molecule is CN[C@H](Cc1ccc2ccccc2c1)C(=O)N1CCN(S(C)(=O)=O)C[C@H]1Cc1ccccc1. The number of nitrogens with one attached hydrogen (secondary N) is 1. The monoisotopic (exact) mass is 465 g/mol. The molecule has 0 bridgehead atoms. The van der Waals surface area contributed by atoms with Gasteiger partial charge in [-0.3, -0.25) is 4.79 Å². The van der Waals surface area contributed by atoms with Crippen molar-refractivity contribution in [2.45, 2.75) is 24.9 Å². The normalized spacial score (nSPS) is 18.4. The third-order valence-electron chi connectivity index (χ3n) is 6.41. The fraction of sp³-hybridized carbons (Fsp3) is 0.346. The van der Waals surface area contributed by atoms with E-state index in [0.29, 0.717) is 32.5 Å². The van der Waals surface area contributed by atoms with Gasteiger partial charge in [-0.05, 0) is 41.8 Å². The van der Waals surface area contributed by atoms with E-state index >= 15 is 0 Å². The zero-order valence-corrected chi connectivity index (χ0v) is 20.0. The van der Waals surface area contributed by atoms with E-state index in [1.165, 1.54) is 15.9 Å². The minimum Gasteiger partial charge on any atom is -0.335 e. The molecule has 0 unspecified atom stereocenters. The van der Waals surface area contributed by atoms with Crippen LogP contribution in [0, 0.1) is 0 Å². The number of piperazine rings is 1. The second-order valence-corrected chi connectivity index (χ2v) is 10.7. The molecule has 1 N–H and O–H groups in total. The summed E-state index contributed by atoms with van der Waals surface area (Å²) in [7, 11) is -1.51. The first-order valence-corrected chi connectivity index (χ1v) is 13.1. The van der Waals surface area contributed by atoms with Crippen molar-refractivity contribution in [3.63, 3.8) is 0 Å². The van der Waals surface area contributed by atoms with Crippen molar-refractivity contribution in [2.75, 3.05) is 32.9 Å². The van der Waals surface area contributed by atoms with Crippen molar-refractivity contribution in [1.82, 2.24) is 14.5 Å². The van der Waals surface area contributed by atoms with Crippen LogP contribution in [0.15, 0.2) is 72.8 Å². The number of fused-ring (bicyclic) bond motifs is 1. The van der Waals surface area contributed by atoms with Crippen molar-refractivity contribution < 1.29 is 13.2 Å². The lowest BCUT2D eigenvalue weighted by atomic mass is 9.98. The molecule has 2 atom stereocenters. The molecule has 6 nitrogen and oxygen atoms in total. The maximum Gasteiger partial charge on any atom is 0.240 e. The van der Waals surface area contributed by atoms with Gasteiger partial charge in [0.05, 0.1) is 12.3 Å². The largest absolute Gasteiger partial charge is 0.335 e. The van der Waals surface area contributed by atoms with Gasteiger partial charge >= 0.3 is 0 Å². The van der Waals surface area contributed by atoms with E-state index in [1.54, 1.807) is 0 Å². The Kier molecular flexibility index (Phi) is 7.12. The average Bonchev–Trinajstić information content (AvgIpc) is 2.82. The molecule has 1 aliphatic heterocycles. The van der Waals surface area contributed by atoms with E-state index in [9.17, 15) is 13.2 Å². The maximum atomic E-state index is 13.6. The molecule has 0 saturated carbocycles. The van der Waals surface area contributed by atoms with Crippen molar-refractivity contribution in [3.8, 4) is 0 Å². The summed E-state index contributed by atoms with van der Waals surface area (Å²) in [6.45, 7) is 1.02. The van der Waals surface area contributed by atoms with Gasteiger partial charge in [0.25, 0.3) is 0 Å². The van der Waals surface area contributed by atoms with E-state index in [-0.39, 0.29) is 18.0 Å². The summed E-state index contributed by atoms with van der Waals surface area (Å²) in [5.74, 6) is 0.0136. The van der Waals surface area contributed by atoms with Crippen LogP contribution >= 0.6 is 0 Å². The van der Waals surface area contributed by atoms with Crippen LogP contribution < -0.4 is 5.32 Å². The Labute approximate surface area is 196 Å². The Balaban J connectivity index is 1.55. The predicted molar refractivity (Wildman–Crippen MR) is 133 cm³/mol. The molecule has 1 heterocycles. The highest BCUT2D eigenvalue weighted by Gasteiger charge is 2.36. The van der Waals surface area contributed by atoms with E-state index in [1.807, 2.05) is 54.4 Å². The molecule has 3 aromatic carbocycles. The van der Waals surface area contributed by atoms with E-state index in [4.69, 9.17) is 0 Å². The molecule has 3 aromatic rings. The Hall–Kier alpha value is -2.74. The summed E-state index contributed by atoms with van der Waals surface area (Å²) in [5, 5.41) is 5.53. The number of carbonyl (C=O) groups excluding carboxylic acids is 1. The van der Waals surface area contributed by atoms with Gasteiger partial charge in [0.15, 0.2) is 0 Å². The molecule has 1 amide bonds. The smallest absolute Gasteiger partial charge is 0.240 e. The highest BCUT2D eigenvalue weighted by molar-refractivity contribution is 7.88. The number of sulfonamides is 1. The molecule has 1 aliphatic rings. The van der Waals surface area contributed by atoms with Crippen LogP contribution in [0.3, 0.4) is 0 Å². The molecule has 7 heteroatoms. The fourth-order valence-corrected chi connectivity index (χ4v) is 5.45. The van der Waals surface area contributed by atoms with Gasteiger partial charge in [0, 0.05) is 25.7 Å². The predicted octanol–water partition coefficient (Wildman–Crippen LogP) is 2.69. The third kappa shape index (κ3) is 5.61. The highest BCUT2D eigenvalue weighted by atomic mass is 32.2. The summed E-state index contributed by atoms with van der Waals surface area (Å²) in [6, 6.07) is 23.8. The van der Waals surface area contributed by atoms with Crippen LogP contribution in [-0.2, 0) is 27.7 Å². The van der Waals surface area contributed by atoms with Gasteiger partial charge in [-0.2, -0.15) is 4.31 Å². The summed E-state index contributed by atoms with van der Waals surface area (Å²) in [4.78, 5) is 15.5. The quantitative estimate of drug-likeness (QED) is 0.583. The van der Waals surface area contributed by atoms with Gasteiger partial charge < -0.3 is 10.2 Å². The Morgan fingerprint density at radius 2 is 1.67 bits per heavy atom. The van der Waals surface area contributed by atoms with Crippen molar-refractivity contribution >= 4 is 26.7 Å². The van der Waals surface area contributed by atoms with Gasteiger partial charge in [0.2, 0.25) is 15.9 Å². The third-order valence-corrected chi connectivity index (χ3v) is 7.68. The van der Waals surface area contributed by atoms with Crippen molar-refractivity contribution in [1.29, 1.82) is 0 Å². The maximum absolute atomic E-state index is 13.6. The lowest BCUT2D eigenvalue weighted by Crippen LogP contribution is -2.60. The first kappa shape index (κ1) is 23.4. The van der Waals surface area contributed by atoms with E-state index in [0.717, 1.165) is 16.5 Å².